The van der Waals surface area contributed by atoms with E-state index in [-0.39, 0.29) is 43.7 Å². The number of imidazole rings is 1. The Labute approximate surface area is 295 Å². The van der Waals surface area contributed by atoms with Crippen LogP contribution in [0.25, 0.3) is 21.8 Å². The highest BCUT2D eigenvalue weighted by Gasteiger charge is 2.49. The summed E-state index contributed by atoms with van der Waals surface area (Å²) in [4.78, 5) is 63.8. The van der Waals surface area contributed by atoms with Crippen LogP contribution in [0.2, 0.25) is 0 Å². The number of nitrogens with one attached hydrogen (secondary N) is 3. The number of carbonyl (C=O) groups excluding carboxylic acids is 4. The summed E-state index contributed by atoms with van der Waals surface area (Å²) >= 11 is 0. The van der Waals surface area contributed by atoms with E-state index < -0.39 is 58.0 Å². The Balaban J connectivity index is 0.892. The molecule has 272 valence electrons. The van der Waals surface area contributed by atoms with E-state index in [2.05, 4.69) is 10.6 Å². The van der Waals surface area contributed by atoms with Gasteiger partial charge < -0.3 is 5.32 Å². The summed E-state index contributed by atoms with van der Waals surface area (Å²) in [5, 5.41) is 6.65. The van der Waals surface area contributed by atoms with Crippen molar-refractivity contribution >= 4 is 67.0 Å². The van der Waals surface area contributed by atoms with Crippen molar-refractivity contribution in [2.75, 3.05) is 29.3 Å². The van der Waals surface area contributed by atoms with E-state index in [1.807, 2.05) is 4.72 Å². The minimum atomic E-state index is -3.94. The summed E-state index contributed by atoms with van der Waals surface area (Å²) in [6.07, 6.45) is 1.35. The fourth-order valence-corrected chi connectivity index (χ4v) is 9.14. The van der Waals surface area contributed by atoms with Crippen LogP contribution in [-0.2, 0) is 36.4 Å². The van der Waals surface area contributed by atoms with Crippen LogP contribution in [-0.4, -0.2) is 77.7 Å². The average molecular weight is 736 g/mol. The molecule has 14 nitrogen and oxygen atoms in total. The molecule has 3 saturated heterocycles. The number of nitrogens with zero attached hydrogens (tertiary/aromatic N) is 4. The van der Waals surface area contributed by atoms with E-state index in [1.54, 1.807) is 59.5 Å². The molecule has 52 heavy (non-hydrogen) atoms. The van der Waals surface area contributed by atoms with E-state index in [1.165, 1.54) is 16.2 Å². The number of anilines is 2. The quantitative estimate of drug-likeness (QED) is 0.254. The second kappa shape index (κ2) is 12.2. The number of carbonyl (C=O) groups is 4. The normalized spacial score (nSPS) is 25.9. The number of amides is 4. The third-order valence-corrected chi connectivity index (χ3v) is 12.3. The van der Waals surface area contributed by atoms with Gasteiger partial charge in [0, 0.05) is 31.1 Å². The molecule has 4 heterocycles. The molecule has 4 fully saturated rings. The lowest BCUT2D eigenvalue weighted by atomic mass is 9.76. The molecule has 3 N–H and O–H groups in total. The Bertz CT molecular complexity index is 2370. The largest absolute Gasteiger partial charge is 0.329 e. The van der Waals surface area contributed by atoms with Crippen molar-refractivity contribution < 1.29 is 36.4 Å². The summed E-state index contributed by atoms with van der Waals surface area (Å²) in [5.74, 6) is -6.26. The van der Waals surface area contributed by atoms with E-state index in [4.69, 9.17) is 0 Å². The molecule has 2 atom stereocenters. The summed E-state index contributed by atoms with van der Waals surface area (Å²) < 4.78 is 61.6. The van der Waals surface area contributed by atoms with Crippen LogP contribution in [0.15, 0.2) is 59.4 Å². The number of hydrogen-bond acceptors (Lipinski definition) is 8. The lowest BCUT2D eigenvalue weighted by Crippen LogP contribution is -2.56. The van der Waals surface area contributed by atoms with Crippen molar-refractivity contribution in [3.05, 3.63) is 70.6 Å². The number of halogens is 2. The summed E-state index contributed by atoms with van der Waals surface area (Å²) in [7, 11) is -2.40. The van der Waals surface area contributed by atoms with Crippen molar-refractivity contribution in [2.24, 2.45) is 13.0 Å². The van der Waals surface area contributed by atoms with Crippen molar-refractivity contribution in [1.29, 1.82) is 0 Å². The van der Waals surface area contributed by atoms with Gasteiger partial charge in [0.05, 0.1) is 29.2 Å². The van der Waals surface area contributed by atoms with Gasteiger partial charge in [0.2, 0.25) is 17.7 Å². The maximum atomic E-state index is 15.8. The number of aryl methyl sites for hydroxylation is 1. The zero-order chi connectivity index (χ0) is 36.7. The number of rotatable bonds is 6. The Kier molecular flexibility index (Phi) is 7.98. The number of likely N-dealkylation sites (tertiary alicyclic amines) is 1. The Morgan fingerprint density at radius 1 is 0.923 bits per heavy atom. The zero-order valence-electron chi connectivity index (χ0n) is 28.0. The van der Waals surface area contributed by atoms with Crippen LogP contribution in [0.5, 0.6) is 0 Å². The van der Waals surface area contributed by atoms with Crippen LogP contribution in [0.4, 0.5) is 20.2 Å². The van der Waals surface area contributed by atoms with Gasteiger partial charge >= 0.3 is 15.9 Å². The van der Waals surface area contributed by atoms with Gasteiger partial charge in [-0.25, -0.2) is 22.6 Å². The maximum Gasteiger partial charge on any atom is 0.329 e. The van der Waals surface area contributed by atoms with Gasteiger partial charge in [-0.1, -0.05) is 18.2 Å². The molecule has 4 aliphatic rings. The molecule has 1 aromatic heterocycles. The first-order chi connectivity index (χ1) is 24.7. The number of alkyl halides is 2. The minimum Gasteiger partial charge on any atom is -0.326 e. The van der Waals surface area contributed by atoms with Crippen molar-refractivity contribution in [2.45, 2.75) is 56.0 Å². The SMILES string of the molecule is Cn1c(=O)n(C2CCC(=O)NC2=O)c2ccc(C3CCN(C4CC(C(=O)Nc5ccc6cc(N7CC(=O)NS7(=O)=O)ccc6c5)C4)CC3(F)F)cc21. The second-order valence-electron chi connectivity index (χ2n) is 14.1. The maximum absolute atomic E-state index is 15.8. The first-order valence-corrected chi connectivity index (χ1v) is 18.5. The highest BCUT2D eigenvalue weighted by Crippen LogP contribution is 2.44. The van der Waals surface area contributed by atoms with Crippen LogP contribution in [0.3, 0.4) is 0 Å². The molecular weight excluding hydrogens is 700 g/mol. The number of benzene rings is 3. The average Bonchev–Trinajstić information content (AvgIpc) is 3.48. The number of aromatic nitrogens is 2. The van der Waals surface area contributed by atoms with Gasteiger partial charge in [-0.2, -0.15) is 8.42 Å². The molecule has 0 radical (unpaired) electrons. The van der Waals surface area contributed by atoms with Crippen LogP contribution in [0, 0.1) is 5.92 Å². The molecule has 3 aliphatic heterocycles. The van der Waals surface area contributed by atoms with E-state index in [0.29, 0.717) is 52.7 Å². The third-order valence-electron chi connectivity index (χ3n) is 10.9. The molecule has 2 unspecified atom stereocenters. The monoisotopic (exact) mass is 735 g/mol. The summed E-state index contributed by atoms with van der Waals surface area (Å²) in [6.45, 7) is -0.339. The van der Waals surface area contributed by atoms with Gasteiger partial charge in [-0.3, -0.25) is 38.5 Å². The molecule has 1 saturated carbocycles. The number of imide groups is 1. The van der Waals surface area contributed by atoms with Gasteiger partial charge in [0.25, 0.3) is 11.8 Å². The number of hydrogen-bond donors (Lipinski definition) is 3. The van der Waals surface area contributed by atoms with Crippen molar-refractivity contribution in [1.82, 2.24) is 24.1 Å². The lowest BCUT2D eigenvalue weighted by molar-refractivity contribution is -0.136. The predicted molar refractivity (Wildman–Crippen MR) is 186 cm³/mol. The first-order valence-electron chi connectivity index (χ1n) is 17.0. The molecule has 0 bridgehead atoms. The van der Waals surface area contributed by atoms with Crippen molar-refractivity contribution in [3.63, 3.8) is 0 Å². The molecule has 17 heteroatoms. The summed E-state index contributed by atoms with van der Waals surface area (Å²) in [5.41, 5.74) is 1.70. The fourth-order valence-electron chi connectivity index (χ4n) is 8.00. The third kappa shape index (κ3) is 5.81. The van der Waals surface area contributed by atoms with E-state index >= 15 is 8.78 Å². The molecular formula is C35H35F2N7O7S. The zero-order valence-corrected chi connectivity index (χ0v) is 28.8. The lowest BCUT2D eigenvalue weighted by Gasteiger charge is -2.47. The fraction of sp³-hybridized carbons (Fsp3) is 0.400. The Hall–Kier alpha value is -5.16. The second-order valence-corrected chi connectivity index (χ2v) is 15.7. The van der Waals surface area contributed by atoms with E-state index in [9.17, 15) is 32.4 Å². The van der Waals surface area contributed by atoms with Crippen molar-refractivity contribution in [3.8, 4) is 0 Å². The number of piperidine rings is 2. The highest BCUT2D eigenvalue weighted by molar-refractivity contribution is 7.92. The molecule has 8 rings (SSSR count). The molecule has 4 aromatic rings. The standard InChI is InChI=1S/C35H35F2N7O7S/c1-41-29-16-21(4-7-27(29)44(34(41)49)28-8-9-30(45)39-33(28)48)26-10-11-42(18-35(26,36)37)25-14-22(15-25)32(47)38-23-5-2-20-13-24(6-3-19(20)12-23)43-17-31(46)40-52(43,50)51/h2-7,12-13,16,22,25-26,28H,8-11,14-15,17-18H2,1H3,(H,38,47)(H,40,46)(H,39,45,48). The van der Waals surface area contributed by atoms with Gasteiger partial charge in [-0.15, -0.1) is 0 Å². The van der Waals surface area contributed by atoms with Crippen LogP contribution in [0.1, 0.15) is 49.6 Å². The smallest absolute Gasteiger partial charge is 0.326 e. The predicted octanol–water partition coefficient (Wildman–Crippen LogP) is 2.49. The highest BCUT2D eigenvalue weighted by atomic mass is 32.2. The molecule has 3 aromatic carbocycles. The van der Waals surface area contributed by atoms with Crippen LogP contribution >= 0.6 is 0 Å². The molecule has 4 amide bonds. The molecule has 0 spiro atoms. The van der Waals surface area contributed by atoms with Gasteiger partial charge in [-0.05, 0) is 85.0 Å². The summed E-state index contributed by atoms with van der Waals surface area (Å²) in [6, 6.07) is 13.9. The number of fused-ring (bicyclic) bond motifs is 2. The van der Waals surface area contributed by atoms with Gasteiger partial charge in [0.1, 0.15) is 12.6 Å². The first kappa shape index (κ1) is 34.0. The van der Waals surface area contributed by atoms with Crippen LogP contribution < -0.4 is 25.4 Å². The minimum absolute atomic E-state index is 0.0991. The Morgan fingerprint density at radius 2 is 1.67 bits per heavy atom. The van der Waals surface area contributed by atoms with Gasteiger partial charge in [0.15, 0.2) is 0 Å². The molecule has 1 aliphatic carbocycles. The topological polar surface area (TPSA) is 172 Å². The Morgan fingerprint density at radius 3 is 2.38 bits per heavy atom. The van der Waals surface area contributed by atoms with E-state index in [0.717, 1.165) is 9.69 Å².